The fraction of sp³-hybridized carbons (Fsp3) is 0.533. The first-order valence-electron chi connectivity index (χ1n) is 7.28. The highest BCUT2D eigenvalue weighted by atomic mass is 16.1. The van der Waals surface area contributed by atoms with E-state index in [-0.39, 0.29) is 5.91 Å². The van der Waals surface area contributed by atoms with Crippen molar-refractivity contribution in [3.63, 3.8) is 0 Å². The molecule has 110 valence electrons. The van der Waals surface area contributed by atoms with Gasteiger partial charge in [0.25, 0.3) is 5.91 Å². The van der Waals surface area contributed by atoms with Crippen LogP contribution in [0.4, 0.5) is 5.69 Å². The number of nitrogens with two attached hydrogens (primary N) is 1. The smallest absolute Gasteiger partial charge is 0.251 e. The second-order valence-corrected chi connectivity index (χ2v) is 5.33. The molecule has 0 aromatic heterocycles. The summed E-state index contributed by atoms with van der Waals surface area (Å²) in [5, 5.41) is 2.99. The number of hydrazine groups is 1. The molecule has 5 heteroatoms. The molecule has 1 heterocycles. The average Bonchev–Trinajstić information content (AvgIpc) is 2.48. The van der Waals surface area contributed by atoms with E-state index < -0.39 is 0 Å². The van der Waals surface area contributed by atoms with E-state index in [0.29, 0.717) is 12.1 Å². The highest BCUT2D eigenvalue weighted by Crippen LogP contribution is 2.14. The molecule has 0 bridgehead atoms. The van der Waals surface area contributed by atoms with Crippen molar-refractivity contribution in [1.82, 2.24) is 10.2 Å². The fourth-order valence-corrected chi connectivity index (χ4v) is 2.61. The molecule has 5 nitrogen and oxygen atoms in total. The molecule has 0 aliphatic carbocycles. The zero-order chi connectivity index (χ0) is 14.4. The molecular formula is C15H24N4O. The van der Waals surface area contributed by atoms with Crippen molar-refractivity contribution >= 4 is 11.6 Å². The number of carbonyl (C=O) groups is 1. The summed E-state index contributed by atoms with van der Waals surface area (Å²) in [7, 11) is 0. The summed E-state index contributed by atoms with van der Waals surface area (Å²) >= 11 is 0. The van der Waals surface area contributed by atoms with E-state index in [1.807, 2.05) is 19.1 Å². The number of hydrogen-bond acceptors (Lipinski definition) is 4. The van der Waals surface area contributed by atoms with E-state index >= 15 is 0 Å². The number of amides is 1. The Hall–Kier alpha value is -1.59. The summed E-state index contributed by atoms with van der Waals surface area (Å²) < 4.78 is 0. The van der Waals surface area contributed by atoms with Gasteiger partial charge in [0.2, 0.25) is 0 Å². The van der Waals surface area contributed by atoms with Gasteiger partial charge in [-0.1, -0.05) is 6.42 Å². The van der Waals surface area contributed by atoms with Crippen LogP contribution in [-0.4, -0.2) is 37.0 Å². The number of carbonyl (C=O) groups excluding carboxylic acids is 1. The quantitative estimate of drug-likeness (QED) is 0.563. The molecule has 0 saturated carbocycles. The Balaban J connectivity index is 1.82. The Labute approximate surface area is 120 Å². The molecule has 1 aromatic rings. The molecule has 20 heavy (non-hydrogen) atoms. The summed E-state index contributed by atoms with van der Waals surface area (Å²) in [6, 6.07) is 5.49. The lowest BCUT2D eigenvalue weighted by Crippen LogP contribution is -2.37. The minimum Gasteiger partial charge on any atom is -0.351 e. The van der Waals surface area contributed by atoms with Crippen molar-refractivity contribution in [2.75, 3.05) is 31.6 Å². The number of rotatable bonds is 5. The number of aryl methyl sites for hydroxylation is 1. The van der Waals surface area contributed by atoms with Crippen molar-refractivity contribution in [3.05, 3.63) is 29.3 Å². The number of benzene rings is 1. The molecule has 0 unspecified atom stereocenters. The van der Waals surface area contributed by atoms with Gasteiger partial charge < -0.3 is 15.6 Å². The minimum absolute atomic E-state index is 0.0110. The van der Waals surface area contributed by atoms with Crippen LogP contribution >= 0.6 is 0 Å². The van der Waals surface area contributed by atoms with Gasteiger partial charge in [-0.2, -0.15) is 0 Å². The summed E-state index contributed by atoms with van der Waals surface area (Å²) in [5.41, 5.74) is 5.03. The van der Waals surface area contributed by atoms with E-state index in [0.717, 1.165) is 30.9 Å². The van der Waals surface area contributed by atoms with E-state index in [4.69, 9.17) is 5.84 Å². The molecular weight excluding hydrogens is 252 g/mol. The van der Waals surface area contributed by atoms with Gasteiger partial charge in [-0.25, -0.2) is 0 Å². The fourth-order valence-electron chi connectivity index (χ4n) is 2.61. The molecule has 1 aliphatic heterocycles. The van der Waals surface area contributed by atoms with Crippen LogP contribution in [0.5, 0.6) is 0 Å². The van der Waals surface area contributed by atoms with Crippen molar-refractivity contribution in [3.8, 4) is 0 Å². The van der Waals surface area contributed by atoms with Gasteiger partial charge in [-0.15, -0.1) is 0 Å². The van der Waals surface area contributed by atoms with Crippen molar-refractivity contribution in [2.24, 2.45) is 5.84 Å². The molecule has 0 spiro atoms. The van der Waals surface area contributed by atoms with E-state index in [9.17, 15) is 4.79 Å². The second kappa shape index (κ2) is 7.26. The van der Waals surface area contributed by atoms with Crippen LogP contribution in [0.2, 0.25) is 0 Å². The second-order valence-electron chi connectivity index (χ2n) is 5.33. The Morgan fingerprint density at radius 2 is 2.05 bits per heavy atom. The first-order valence-corrected chi connectivity index (χ1v) is 7.28. The van der Waals surface area contributed by atoms with Gasteiger partial charge in [0.15, 0.2) is 0 Å². The summed E-state index contributed by atoms with van der Waals surface area (Å²) in [5.74, 6) is 5.34. The van der Waals surface area contributed by atoms with Crippen molar-refractivity contribution < 1.29 is 4.79 Å². The number of piperidine rings is 1. The maximum atomic E-state index is 12.1. The molecule has 1 aromatic carbocycles. The van der Waals surface area contributed by atoms with Crippen LogP contribution in [-0.2, 0) is 0 Å². The van der Waals surface area contributed by atoms with E-state index in [2.05, 4.69) is 15.6 Å². The predicted octanol–water partition coefficient (Wildman–Crippen LogP) is 1.50. The monoisotopic (exact) mass is 276 g/mol. The van der Waals surface area contributed by atoms with Crippen LogP contribution in [0.15, 0.2) is 18.2 Å². The highest BCUT2D eigenvalue weighted by Gasteiger charge is 2.12. The number of nitrogen functional groups attached to an aromatic ring is 1. The first kappa shape index (κ1) is 14.8. The van der Waals surface area contributed by atoms with Crippen LogP contribution in [0.3, 0.4) is 0 Å². The molecule has 0 atom stereocenters. The summed E-state index contributed by atoms with van der Waals surface area (Å²) in [6.07, 6.45) is 3.89. The predicted molar refractivity (Wildman–Crippen MR) is 81.6 cm³/mol. The third-order valence-corrected chi connectivity index (χ3v) is 3.80. The average molecular weight is 276 g/mol. The Bertz CT molecular complexity index is 455. The maximum Gasteiger partial charge on any atom is 0.251 e. The normalized spacial score (nSPS) is 15.9. The Morgan fingerprint density at radius 1 is 1.30 bits per heavy atom. The van der Waals surface area contributed by atoms with Gasteiger partial charge in [0.05, 0.1) is 0 Å². The van der Waals surface area contributed by atoms with Gasteiger partial charge >= 0.3 is 0 Å². The number of likely N-dealkylation sites (tertiary alicyclic amines) is 1. The van der Waals surface area contributed by atoms with E-state index in [1.165, 1.54) is 19.3 Å². The lowest BCUT2D eigenvalue weighted by atomic mass is 10.1. The number of hydrogen-bond donors (Lipinski definition) is 3. The van der Waals surface area contributed by atoms with Gasteiger partial charge in [-0.3, -0.25) is 10.6 Å². The van der Waals surface area contributed by atoms with Crippen LogP contribution in [0.1, 0.15) is 35.2 Å². The van der Waals surface area contributed by atoms with Crippen molar-refractivity contribution in [2.45, 2.75) is 26.2 Å². The third-order valence-electron chi connectivity index (χ3n) is 3.80. The Kier molecular flexibility index (Phi) is 5.38. The SMILES string of the molecule is Cc1cc(NN)ccc1C(=O)NCCN1CCCCC1. The van der Waals surface area contributed by atoms with Gasteiger partial charge in [0.1, 0.15) is 0 Å². The summed E-state index contributed by atoms with van der Waals surface area (Å²) in [4.78, 5) is 14.5. The molecule has 1 aliphatic rings. The lowest BCUT2D eigenvalue weighted by Gasteiger charge is -2.26. The zero-order valence-electron chi connectivity index (χ0n) is 12.1. The largest absolute Gasteiger partial charge is 0.351 e. The molecule has 2 rings (SSSR count). The topological polar surface area (TPSA) is 70.4 Å². The van der Waals surface area contributed by atoms with Crippen LogP contribution in [0, 0.1) is 6.92 Å². The van der Waals surface area contributed by atoms with Gasteiger partial charge in [-0.05, 0) is 56.6 Å². The lowest BCUT2D eigenvalue weighted by molar-refractivity contribution is 0.0946. The number of nitrogens with zero attached hydrogens (tertiary/aromatic N) is 1. The Morgan fingerprint density at radius 3 is 2.70 bits per heavy atom. The number of anilines is 1. The molecule has 1 saturated heterocycles. The number of nitrogens with one attached hydrogen (secondary N) is 2. The minimum atomic E-state index is -0.0110. The first-order chi connectivity index (χ1) is 9.70. The molecule has 4 N–H and O–H groups in total. The third kappa shape index (κ3) is 3.95. The molecule has 1 fully saturated rings. The van der Waals surface area contributed by atoms with Gasteiger partial charge in [0, 0.05) is 24.3 Å². The van der Waals surface area contributed by atoms with Crippen LogP contribution < -0.4 is 16.6 Å². The standard InChI is InChI=1S/C15H24N4O/c1-12-11-13(18-16)5-6-14(12)15(20)17-7-10-19-8-3-2-4-9-19/h5-6,11,18H,2-4,7-10,16H2,1H3,(H,17,20). The van der Waals surface area contributed by atoms with Crippen molar-refractivity contribution in [1.29, 1.82) is 0 Å². The zero-order valence-corrected chi connectivity index (χ0v) is 12.1. The highest BCUT2D eigenvalue weighted by molar-refractivity contribution is 5.96. The summed E-state index contributed by atoms with van der Waals surface area (Å²) in [6.45, 7) is 5.88. The maximum absolute atomic E-state index is 12.1. The van der Waals surface area contributed by atoms with Crippen LogP contribution in [0.25, 0.3) is 0 Å². The molecule has 0 radical (unpaired) electrons. The molecule has 1 amide bonds. The van der Waals surface area contributed by atoms with E-state index in [1.54, 1.807) is 6.07 Å².